The second kappa shape index (κ2) is 8.01. The number of para-hydroxylation sites is 2. The van der Waals surface area contributed by atoms with Crippen LogP contribution in [-0.4, -0.2) is 31.5 Å². The lowest BCUT2D eigenvalue weighted by atomic mass is 10.0. The molecule has 1 heterocycles. The van der Waals surface area contributed by atoms with Crippen molar-refractivity contribution in [3.63, 3.8) is 0 Å². The minimum Gasteiger partial charge on any atom is -0.495 e. The van der Waals surface area contributed by atoms with Gasteiger partial charge < -0.3 is 20.7 Å². The van der Waals surface area contributed by atoms with Crippen LogP contribution in [0, 0.1) is 0 Å². The van der Waals surface area contributed by atoms with Crippen molar-refractivity contribution < 1.29 is 14.3 Å². The molecule has 0 spiro atoms. The highest BCUT2D eigenvalue weighted by atomic mass is 16.5. The lowest BCUT2D eigenvalue weighted by Crippen LogP contribution is -2.42. The number of amides is 2. The Hall–Kier alpha value is -2.86. The fourth-order valence-corrected chi connectivity index (χ4v) is 3.18. The van der Waals surface area contributed by atoms with E-state index in [4.69, 9.17) is 10.5 Å². The molecular weight excluding hydrogens is 330 g/mol. The van der Waals surface area contributed by atoms with Gasteiger partial charge in [0.05, 0.1) is 12.8 Å². The molecule has 2 amide bonds. The van der Waals surface area contributed by atoms with E-state index in [1.165, 1.54) is 0 Å². The molecule has 2 unspecified atom stereocenters. The number of nitrogens with one attached hydrogen (secondary N) is 1. The molecule has 3 N–H and O–H groups in total. The Morgan fingerprint density at radius 2 is 1.92 bits per heavy atom. The Bertz CT molecular complexity index is 779. The maximum absolute atomic E-state index is 12.7. The summed E-state index contributed by atoms with van der Waals surface area (Å²) < 4.78 is 5.33. The molecule has 26 heavy (non-hydrogen) atoms. The maximum atomic E-state index is 12.7. The van der Waals surface area contributed by atoms with E-state index >= 15 is 0 Å². The second-order valence-electron chi connectivity index (χ2n) is 6.29. The number of rotatable bonds is 6. The number of benzene rings is 2. The van der Waals surface area contributed by atoms with E-state index in [1.54, 1.807) is 12.0 Å². The lowest BCUT2D eigenvalue weighted by Gasteiger charge is -2.20. The van der Waals surface area contributed by atoms with E-state index in [1.807, 2.05) is 54.6 Å². The largest absolute Gasteiger partial charge is 0.495 e. The minimum atomic E-state index is -0.532. The third-order valence-corrected chi connectivity index (χ3v) is 4.55. The van der Waals surface area contributed by atoms with Crippen LogP contribution in [-0.2, 0) is 9.59 Å². The summed E-state index contributed by atoms with van der Waals surface area (Å²) in [5, 5.41) is 2.82. The van der Waals surface area contributed by atoms with Gasteiger partial charge in [-0.2, -0.15) is 0 Å². The second-order valence-corrected chi connectivity index (χ2v) is 6.29. The molecule has 0 radical (unpaired) electrons. The number of methoxy groups -OCH3 is 1. The predicted molar refractivity (Wildman–Crippen MR) is 99.9 cm³/mol. The van der Waals surface area contributed by atoms with Crippen molar-refractivity contribution in [2.24, 2.45) is 5.73 Å². The topological polar surface area (TPSA) is 84.7 Å². The Morgan fingerprint density at radius 3 is 2.65 bits per heavy atom. The Kier molecular flexibility index (Phi) is 5.53. The monoisotopic (exact) mass is 353 g/mol. The van der Waals surface area contributed by atoms with Crippen molar-refractivity contribution in [3.8, 4) is 5.75 Å². The number of hydrogen-bond donors (Lipinski definition) is 2. The third kappa shape index (κ3) is 3.86. The first-order chi connectivity index (χ1) is 12.6. The quantitative estimate of drug-likeness (QED) is 0.832. The van der Waals surface area contributed by atoms with E-state index in [0.717, 1.165) is 11.3 Å². The molecule has 2 atom stereocenters. The van der Waals surface area contributed by atoms with Gasteiger partial charge in [0, 0.05) is 19.0 Å². The summed E-state index contributed by atoms with van der Waals surface area (Å²) in [5.74, 6) is 0.289. The number of ether oxygens (including phenoxy) is 1. The van der Waals surface area contributed by atoms with E-state index in [0.29, 0.717) is 18.7 Å². The number of carbonyl (C=O) groups is 2. The zero-order valence-corrected chi connectivity index (χ0v) is 14.7. The standard InChI is InChI=1S/C20H23N3O3/c1-26-18-10-6-5-9-17(18)23-12-11-16(20(23)25)22-19(24)13-15(21)14-7-3-2-4-8-14/h2-10,15-16H,11-13,21H2,1H3,(H,22,24). The first-order valence-corrected chi connectivity index (χ1v) is 8.64. The van der Waals surface area contributed by atoms with Crippen LogP contribution in [0.2, 0.25) is 0 Å². The molecule has 136 valence electrons. The lowest BCUT2D eigenvalue weighted by molar-refractivity contribution is -0.126. The summed E-state index contributed by atoms with van der Waals surface area (Å²) in [6, 6.07) is 15.9. The first kappa shape index (κ1) is 17.9. The Morgan fingerprint density at radius 1 is 1.23 bits per heavy atom. The fourth-order valence-electron chi connectivity index (χ4n) is 3.18. The van der Waals surface area contributed by atoms with Crippen LogP contribution in [0.25, 0.3) is 0 Å². The Labute approximate surface area is 152 Å². The summed E-state index contributed by atoms with van der Waals surface area (Å²) in [7, 11) is 1.57. The number of nitrogens with two attached hydrogens (primary N) is 1. The molecule has 1 aliphatic rings. The highest BCUT2D eigenvalue weighted by molar-refractivity contribution is 6.02. The molecule has 1 fully saturated rings. The molecule has 0 aliphatic carbocycles. The van der Waals surface area contributed by atoms with Crippen LogP contribution in [0.3, 0.4) is 0 Å². The van der Waals surface area contributed by atoms with Crippen LogP contribution in [0.4, 0.5) is 5.69 Å². The van der Waals surface area contributed by atoms with Gasteiger partial charge >= 0.3 is 0 Å². The molecule has 0 saturated carbocycles. The highest BCUT2D eigenvalue weighted by Crippen LogP contribution is 2.31. The van der Waals surface area contributed by atoms with Gasteiger partial charge in [0.1, 0.15) is 11.8 Å². The normalized spacial score (nSPS) is 17.8. The van der Waals surface area contributed by atoms with Crippen LogP contribution < -0.4 is 20.7 Å². The van der Waals surface area contributed by atoms with Crippen LogP contribution in [0.5, 0.6) is 5.75 Å². The third-order valence-electron chi connectivity index (χ3n) is 4.55. The van der Waals surface area contributed by atoms with Crippen molar-refractivity contribution in [1.82, 2.24) is 5.32 Å². The van der Waals surface area contributed by atoms with E-state index in [-0.39, 0.29) is 18.2 Å². The summed E-state index contributed by atoms with van der Waals surface area (Å²) in [5.41, 5.74) is 7.71. The molecule has 6 heteroatoms. The number of nitrogens with zero attached hydrogens (tertiary/aromatic N) is 1. The van der Waals surface area contributed by atoms with E-state index < -0.39 is 12.1 Å². The van der Waals surface area contributed by atoms with Gasteiger partial charge in [-0.25, -0.2) is 0 Å². The van der Waals surface area contributed by atoms with Crippen molar-refractivity contribution in [2.75, 3.05) is 18.6 Å². The first-order valence-electron chi connectivity index (χ1n) is 8.64. The summed E-state index contributed by atoms with van der Waals surface area (Å²) in [4.78, 5) is 26.7. The molecule has 0 bridgehead atoms. The van der Waals surface area contributed by atoms with Gasteiger partial charge in [-0.3, -0.25) is 9.59 Å². The molecule has 3 rings (SSSR count). The Balaban J connectivity index is 1.61. The van der Waals surface area contributed by atoms with E-state index in [2.05, 4.69) is 5.32 Å². The number of carbonyl (C=O) groups excluding carboxylic acids is 2. The highest BCUT2D eigenvalue weighted by Gasteiger charge is 2.34. The molecule has 6 nitrogen and oxygen atoms in total. The van der Waals surface area contributed by atoms with Gasteiger partial charge in [-0.15, -0.1) is 0 Å². The average Bonchev–Trinajstić information content (AvgIpc) is 3.02. The fraction of sp³-hybridized carbons (Fsp3) is 0.300. The smallest absolute Gasteiger partial charge is 0.249 e. The van der Waals surface area contributed by atoms with Gasteiger partial charge in [0.25, 0.3) is 0 Å². The molecule has 0 aromatic heterocycles. The van der Waals surface area contributed by atoms with Crippen LogP contribution in [0.1, 0.15) is 24.4 Å². The average molecular weight is 353 g/mol. The molecule has 2 aromatic rings. The van der Waals surface area contributed by atoms with Crippen molar-refractivity contribution in [3.05, 3.63) is 60.2 Å². The maximum Gasteiger partial charge on any atom is 0.249 e. The van der Waals surface area contributed by atoms with Crippen LogP contribution in [0.15, 0.2) is 54.6 Å². The van der Waals surface area contributed by atoms with Gasteiger partial charge in [-0.05, 0) is 24.1 Å². The summed E-state index contributed by atoms with van der Waals surface area (Å²) in [6.07, 6.45) is 0.700. The van der Waals surface area contributed by atoms with Crippen molar-refractivity contribution in [1.29, 1.82) is 0 Å². The zero-order chi connectivity index (χ0) is 18.5. The predicted octanol–water partition coefficient (Wildman–Crippen LogP) is 2.01. The molecule has 1 aliphatic heterocycles. The van der Waals surface area contributed by atoms with Crippen LogP contribution >= 0.6 is 0 Å². The summed E-state index contributed by atoms with van der Waals surface area (Å²) in [6.45, 7) is 0.537. The molecule has 2 aromatic carbocycles. The van der Waals surface area contributed by atoms with Gasteiger partial charge in [-0.1, -0.05) is 42.5 Å². The van der Waals surface area contributed by atoms with Crippen molar-refractivity contribution in [2.45, 2.75) is 24.9 Å². The van der Waals surface area contributed by atoms with Crippen molar-refractivity contribution >= 4 is 17.5 Å². The molecular formula is C20H23N3O3. The SMILES string of the molecule is COc1ccccc1N1CCC(NC(=O)CC(N)c2ccccc2)C1=O. The number of anilines is 1. The summed E-state index contributed by atoms with van der Waals surface area (Å²) >= 11 is 0. The number of hydrogen-bond acceptors (Lipinski definition) is 4. The zero-order valence-electron chi connectivity index (χ0n) is 14.7. The molecule has 1 saturated heterocycles. The van der Waals surface area contributed by atoms with Gasteiger partial charge in [0.2, 0.25) is 11.8 Å². The van der Waals surface area contributed by atoms with E-state index in [9.17, 15) is 9.59 Å². The minimum absolute atomic E-state index is 0.129. The van der Waals surface area contributed by atoms with Gasteiger partial charge in [0.15, 0.2) is 0 Å².